The van der Waals surface area contributed by atoms with Crippen LogP contribution in [0.3, 0.4) is 0 Å². The molecule has 1 amide bonds. The van der Waals surface area contributed by atoms with Crippen LogP contribution in [-0.4, -0.2) is 48.6 Å². The van der Waals surface area contributed by atoms with Crippen molar-refractivity contribution in [1.29, 1.82) is 0 Å². The summed E-state index contributed by atoms with van der Waals surface area (Å²) in [7, 11) is 0. The molecule has 8 heteroatoms. The van der Waals surface area contributed by atoms with Crippen molar-refractivity contribution in [1.82, 2.24) is 29.6 Å². The van der Waals surface area contributed by atoms with Crippen molar-refractivity contribution in [2.24, 2.45) is 0 Å². The smallest absolute Gasteiger partial charge is 0.242 e. The topological polar surface area (TPSA) is 89.9 Å². The zero-order chi connectivity index (χ0) is 17.1. The van der Waals surface area contributed by atoms with Crippen LogP contribution in [0.4, 0.5) is 0 Å². The lowest BCUT2D eigenvalue weighted by molar-refractivity contribution is -0.133. The summed E-state index contributed by atoms with van der Waals surface area (Å²) >= 11 is 0. The Labute approximate surface area is 144 Å². The van der Waals surface area contributed by atoms with Gasteiger partial charge in [-0.3, -0.25) is 9.78 Å². The van der Waals surface area contributed by atoms with Crippen LogP contribution in [0.15, 0.2) is 47.8 Å². The standard InChI is InChI=1S/C17H18N6O2/c24-15(11-22-8-6-19-12-22)23-7-2-4-14(10-23)17-20-16(21-25-17)13-3-1-5-18-9-13/h1,3,5-6,8-9,12,14H,2,4,7,10-11H2/t14-/m1/s1. The Hall–Kier alpha value is -3.03. The first-order valence-corrected chi connectivity index (χ1v) is 8.27. The number of nitrogens with zero attached hydrogens (tertiary/aromatic N) is 6. The number of carbonyl (C=O) groups excluding carboxylic acids is 1. The molecule has 0 aromatic carbocycles. The van der Waals surface area contributed by atoms with E-state index in [9.17, 15) is 4.79 Å². The summed E-state index contributed by atoms with van der Waals surface area (Å²) < 4.78 is 7.23. The minimum absolute atomic E-state index is 0.0680. The minimum Gasteiger partial charge on any atom is -0.340 e. The van der Waals surface area contributed by atoms with Gasteiger partial charge in [0.25, 0.3) is 0 Å². The summed E-state index contributed by atoms with van der Waals surface area (Å²) in [6, 6.07) is 3.73. The fourth-order valence-corrected chi connectivity index (χ4v) is 3.05. The average Bonchev–Trinajstić information content (AvgIpc) is 3.34. The number of pyridine rings is 1. The van der Waals surface area contributed by atoms with Crippen LogP contribution in [0.2, 0.25) is 0 Å². The van der Waals surface area contributed by atoms with E-state index >= 15 is 0 Å². The molecular formula is C17H18N6O2. The molecule has 1 fully saturated rings. The molecule has 1 aliphatic rings. The Balaban J connectivity index is 1.44. The molecule has 1 aliphatic heterocycles. The molecule has 3 aromatic heterocycles. The molecule has 128 valence electrons. The lowest BCUT2D eigenvalue weighted by atomic mass is 9.98. The predicted molar refractivity (Wildman–Crippen MR) is 88.3 cm³/mol. The Morgan fingerprint density at radius 3 is 3.08 bits per heavy atom. The number of imidazole rings is 1. The molecule has 3 aromatic rings. The molecule has 0 aliphatic carbocycles. The number of hydrogen-bond acceptors (Lipinski definition) is 6. The van der Waals surface area contributed by atoms with Crippen molar-refractivity contribution in [3.63, 3.8) is 0 Å². The van der Waals surface area contributed by atoms with Crippen LogP contribution in [0.5, 0.6) is 0 Å². The molecule has 0 unspecified atom stereocenters. The molecule has 4 heterocycles. The van der Waals surface area contributed by atoms with Crippen LogP contribution in [0, 0.1) is 0 Å². The van der Waals surface area contributed by atoms with Gasteiger partial charge in [0.05, 0.1) is 12.2 Å². The van der Waals surface area contributed by atoms with Gasteiger partial charge < -0.3 is 14.0 Å². The summed E-state index contributed by atoms with van der Waals surface area (Å²) in [6.07, 6.45) is 10.4. The number of piperidine rings is 1. The molecule has 0 saturated carbocycles. The highest BCUT2D eigenvalue weighted by Crippen LogP contribution is 2.27. The second-order valence-corrected chi connectivity index (χ2v) is 6.11. The fraction of sp³-hybridized carbons (Fsp3) is 0.353. The zero-order valence-corrected chi connectivity index (χ0v) is 13.7. The Kier molecular flexibility index (Phi) is 4.24. The van der Waals surface area contributed by atoms with Gasteiger partial charge in [-0.05, 0) is 25.0 Å². The molecular weight excluding hydrogens is 320 g/mol. The zero-order valence-electron chi connectivity index (χ0n) is 13.7. The number of aromatic nitrogens is 5. The van der Waals surface area contributed by atoms with Gasteiger partial charge in [-0.1, -0.05) is 5.16 Å². The molecule has 4 rings (SSSR count). The third-order valence-corrected chi connectivity index (χ3v) is 4.36. The van der Waals surface area contributed by atoms with Crippen LogP contribution in [-0.2, 0) is 11.3 Å². The van der Waals surface area contributed by atoms with Crippen LogP contribution < -0.4 is 0 Å². The predicted octanol–water partition coefficient (Wildman–Crippen LogP) is 1.73. The van der Waals surface area contributed by atoms with E-state index < -0.39 is 0 Å². The highest BCUT2D eigenvalue weighted by molar-refractivity contribution is 5.76. The molecule has 8 nitrogen and oxygen atoms in total. The first-order valence-electron chi connectivity index (χ1n) is 8.27. The highest BCUT2D eigenvalue weighted by atomic mass is 16.5. The van der Waals surface area contributed by atoms with Crippen molar-refractivity contribution >= 4 is 5.91 Å². The number of likely N-dealkylation sites (tertiary alicyclic amines) is 1. The van der Waals surface area contributed by atoms with E-state index in [1.807, 2.05) is 17.0 Å². The second kappa shape index (κ2) is 6.84. The lowest BCUT2D eigenvalue weighted by Gasteiger charge is -2.31. The third-order valence-electron chi connectivity index (χ3n) is 4.36. The summed E-state index contributed by atoms with van der Waals surface area (Å²) in [5.74, 6) is 1.26. The molecule has 1 saturated heterocycles. The van der Waals surface area contributed by atoms with Crippen LogP contribution in [0.25, 0.3) is 11.4 Å². The molecule has 0 N–H and O–H groups in total. The molecule has 0 spiro atoms. The molecule has 25 heavy (non-hydrogen) atoms. The number of amides is 1. The normalized spacial score (nSPS) is 17.6. The van der Waals surface area contributed by atoms with E-state index in [0.29, 0.717) is 24.8 Å². The average molecular weight is 338 g/mol. The third kappa shape index (κ3) is 3.42. The van der Waals surface area contributed by atoms with Gasteiger partial charge in [0, 0.05) is 43.4 Å². The summed E-state index contributed by atoms with van der Waals surface area (Å²) in [6.45, 7) is 1.66. The first kappa shape index (κ1) is 15.5. The number of rotatable bonds is 4. The van der Waals surface area contributed by atoms with Crippen molar-refractivity contribution in [2.75, 3.05) is 13.1 Å². The van der Waals surface area contributed by atoms with Gasteiger partial charge in [0.15, 0.2) is 0 Å². The van der Waals surface area contributed by atoms with E-state index in [4.69, 9.17) is 4.52 Å². The Morgan fingerprint density at radius 1 is 1.32 bits per heavy atom. The summed E-state index contributed by atoms with van der Waals surface area (Å²) in [5, 5.41) is 4.05. The van der Waals surface area contributed by atoms with Crippen LogP contribution in [0.1, 0.15) is 24.7 Å². The van der Waals surface area contributed by atoms with Crippen LogP contribution >= 0.6 is 0 Å². The molecule has 1 atom stereocenters. The minimum atomic E-state index is 0.0680. The number of hydrogen-bond donors (Lipinski definition) is 0. The number of carbonyl (C=O) groups is 1. The van der Waals surface area contributed by atoms with E-state index in [-0.39, 0.29) is 11.8 Å². The first-order chi connectivity index (χ1) is 12.3. The van der Waals surface area contributed by atoms with Gasteiger partial charge in [0.2, 0.25) is 17.6 Å². The monoisotopic (exact) mass is 338 g/mol. The largest absolute Gasteiger partial charge is 0.340 e. The van der Waals surface area contributed by atoms with E-state index in [0.717, 1.165) is 24.9 Å². The summed E-state index contributed by atoms with van der Waals surface area (Å²) in [4.78, 5) is 26.9. The molecule has 0 bridgehead atoms. The summed E-state index contributed by atoms with van der Waals surface area (Å²) in [5.41, 5.74) is 0.821. The van der Waals surface area contributed by atoms with Gasteiger partial charge in [-0.15, -0.1) is 0 Å². The van der Waals surface area contributed by atoms with E-state index in [2.05, 4.69) is 20.1 Å². The van der Waals surface area contributed by atoms with Gasteiger partial charge in [0.1, 0.15) is 6.54 Å². The Morgan fingerprint density at radius 2 is 2.28 bits per heavy atom. The maximum atomic E-state index is 12.5. The fourth-order valence-electron chi connectivity index (χ4n) is 3.05. The SMILES string of the molecule is O=C(Cn1ccnc1)N1CCC[C@@H](c2nc(-c3cccnc3)no2)C1. The van der Waals surface area contributed by atoms with Gasteiger partial charge >= 0.3 is 0 Å². The molecule has 0 radical (unpaired) electrons. The van der Waals surface area contributed by atoms with Crippen molar-refractivity contribution in [3.05, 3.63) is 49.1 Å². The lowest BCUT2D eigenvalue weighted by Crippen LogP contribution is -2.40. The Bertz CT molecular complexity index is 830. The quantitative estimate of drug-likeness (QED) is 0.720. The van der Waals surface area contributed by atoms with Gasteiger partial charge in [-0.2, -0.15) is 4.98 Å². The van der Waals surface area contributed by atoms with Crippen molar-refractivity contribution in [2.45, 2.75) is 25.3 Å². The van der Waals surface area contributed by atoms with Gasteiger partial charge in [-0.25, -0.2) is 4.98 Å². The maximum Gasteiger partial charge on any atom is 0.242 e. The van der Waals surface area contributed by atoms with E-state index in [1.165, 1.54) is 0 Å². The second-order valence-electron chi connectivity index (χ2n) is 6.11. The van der Waals surface area contributed by atoms with Crippen molar-refractivity contribution in [3.8, 4) is 11.4 Å². The van der Waals surface area contributed by atoms with E-state index in [1.54, 1.807) is 35.7 Å². The highest BCUT2D eigenvalue weighted by Gasteiger charge is 2.28. The van der Waals surface area contributed by atoms with Crippen molar-refractivity contribution < 1.29 is 9.32 Å². The maximum absolute atomic E-state index is 12.5.